The van der Waals surface area contributed by atoms with E-state index in [1.807, 2.05) is 37.3 Å². The van der Waals surface area contributed by atoms with E-state index in [0.717, 1.165) is 5.56 Å². The number of aliphatic hydroxyl groups excluding tert-OH is 1. The van der Waals surface area contributed by atoms with Gasteiger partial charge in [0.1, 0.15) is 35.9 Å². The van der Waals surface area contributed by atoms with Gasteiger partial charge in [-0.05, 0) is 63.3 Å². The van der Waals surface area contributed by atoms with E-state index in [1.54, 1.807) is 65.0 Å². The largest absolute Gasteiger partial charge is 0.490 e. The Morgan fingerprint density at radius 3 is 2.24 bits per heavy atom. The highest BCUT2D eigenvalue weighted by molar-refractivity contribution is 5.87. The number of aliphatic hydroxyl groups is 1. The summed E-state index contributed by atoms with van der Waals surface area (Å²) in [5.74, 6) is -2.20. The van der Waals surface area contributed by atoms with Crippen molar-refractivity contribution in [1.29, 1.82) is 0 Å². The minimum atomic E-state index is -1.15. The van der Waals surface area contributed by atoms with Crippen molar-refractivity contribution in [2.45, 2.75) is 85.0 Å². The molecule has 2 aromatic rings. The van der Waals surface area contributed by atoms with E-state index in [4.69, 9.17) is 14.2 Å². The van der Waals surface area contributed by atoms with E-state index in [2.05, 4.69) is 5.32 Å². The molecular formula is C35H48N2O9. The zero-order valence-electron chi connectivity index (χ0n) is 27.7. The van der Waals surface area contributed by atoms with Gasteiger partial charge in [0, 0.05) is 13.0 Å². The molecule has 0 aliphatic rings. The number of rotatable bonds is 17. The number of hydrogen-bond acceptors (Lipinski definition) is 8. The normalized spacial score (nSPS) is 13.0. The SMILES string of the molecule is CCCN(CC(O)COc1ccccc1C(=CCc1ccccc1)OC(=O)CCC(=O)N[C@H](C(=O)O)C(C)C)C(=O)OC(C)(C)C. The first kappa shape index (κ1) is 37.8. The fraction of sp³-hybridized carbons (Fsp3) is 0.486. The van der Waals surface area contributed by atoms with Crippen LogP contribution in [0.25, 0.3) is 5.76 Å². The summed E-state index contributed by atoms with van der Waals surface area (Å²) >= 11 is 0. The third kappa shape index (κ3) is 13.7. The molecule has 1 unspecified atom stereocenters. The zero-order chi connectivity index (χ0) is 34.3. The summed E-state index contributed by atoms with van der Waals surface area (Å²) in [6.45, 7) is 10.9. The fourth-order valence-corrected chi connectivity index (χ4v) is 4.32. The van der Waals surface area contributed by atoms with Crippen molar-refractivity contribution in [2.24, 2.45) is 5.92 Å². The molecule has 0 aliphatic carbocycles. The van der Waals surface area contributed by atoms with Gasteiger partial charge < -0.3 is 34.6 Å². The molecule has 0 bridgehead atoms. The Bertz CT molecular complexity index is 1320. The molecule has 2 rings (SSSR count). The second-order valence-electron chi connectivity index (χ2n) is 12.2. The molecule has 2 amide bonds. The molecule has 2 aromatic carbocycles. The van der Waals surface area contributed by atoms with E-state index in [0.29, 0.717) is 30.7 Å². The van der Waals surface area contributed by atoms with Crippen molar-refractivity contribution in [3.63, 3.8) is 0 Å². The zero-order valence-corrected chi connectivity index (χ0v) is 27.7. The Morgan fingerprint density at radius 2 is 1.63 bits per heavy atom. The van der Waals surface area contributed by atoms with Crippen LogP contribution in [0.2, 0.25) is 0 Å². The van der Waals surface area contributed by atoms with Crippen LogP contribution >= 0.6 is 0 Å². The predicted octanol–water partition coefficient (Wildman–Crippen LogP) is 5.21. The van der Waals surface area contributed by atoms with Crippen LogP contribution in [0.15, 0.2) is 60.7 Å². The number of benzene rings is 2. The van der Waals surface area contributed by atoms with Crippen molar-refractivity contribution < 1.29 is 43.6 Å². The molecule has 0 aliphatic heterocycles. The molecule has 0 heterocycles. The maximum Gasteiger partial charge on any atom is 0.410 e. The first-order valence-corrected chi connectivity index (χ1v) is 15.5. The maximum atomic E-state index is 12.9. The number of aliphatic carboxylic acids is 1. The van der Waals surface area contributed by atoms with Gasteiger partial charge in [-0.1, -0.05) is 63.2 Å². The highest BCUT2D eigenvalue weighted by Crippen LogP contribution is 2.28. The summed E-state index contributed by atoms with van der Waals surface area (Å²) in [5, 5.41) is 22.6. The standard InChI is InChI=1S/C35H48N2O9/c1-7-21-37(34(43)46-35(4,5)6)22-26(38)23-44-28-16-12-11-15-27(28)29(18-17-25-13-9-8-10-14-25)45-31(40)20-19-30(39)36-32(24(2)3)33(41)42/h8-16,18,24,26,32,38H,7,17,19-23H2,1-6H3,(H,36,39)(H,41,42)/t26?,32-/m0/s1. The number of carbonyl (C=O) groups excluding carboxylic acids is 3. The molecule has 252 valence electrons. The van der Waals surface area contributed by atoms with E-state index < -0.39 is 41.7 Å². The van der Waals surface area contributed by atoms with Crippen molar-refractivity contribution in [2.75, 3.05) is 19.7 Å². The third-order valence-corrected chi connectivity index (χ3v) is 6.56. The Labute approximate surface area is 271 Å². The van der Waals surface area contributed by atoms with Gasteiger partial charge >= 0.3 is 18.0 Å². The number of carbonyl (C=O) groups is 4. The number of para-hydroxylation sites is 1. The lowest BCUT2D eigenvalue weighted by Gasteiger charge is -2.28. The highest BCUT2D eigenvalue weighted by Gasteiger charge is 2.25. The van der Waals surface area contributed by atoms with E-state index in [9.17, 15) is 29.4 Å². The topological polar surface area (TPSA) is 152 Å². The fourth-order valence-electron chi connectivity index (χ4n) is 4.32. The smallest absolute Gasteiger partial charge is 0.410 e. The first-order chi connectivity index (χ1) is 21.7. The molecular weight excluding hydrogens is 592 g/mol. The minimum Gasteiger partial charge on any atom is -0.490 e. The quantitative estimate of drug-likeness (QED) is 0.156. The van der Waals surface area contributed by atoms with Crippen LogP contribution in [0.3, 0.4) is 0 Å². The maximum absolute atomic E-state index is 12.9. The van der Waals surface area contributed by atoms with Gasteiger partial charge in [-0.3, -0.25) is 9.59 Å². The van der Waals surface area contributed by atoms with Crippen LogP contribution in [0.4, 0.5) is 4.79 Å². The number of carboxylic acid groups (broad SMARTS) is 1. The average Bonchev–Trinajstić information content (AvgIpc) is 2.99. The molecule has 11 heteroatoms. The lowest BCUT2D eigenvalue weighted by atomic mass is 10.0. The summed E-state index contributed by atoms with van der Waals surface area (Å²) in [4.78, 5) is 50.8. The van der Waals surface area contributed by atoms with Crippen LogP contribution in [0.5, 0.6) is 5.75 Å². The lowest BCUT2D eigenvalue weighted by molar-refractivity contribution is -0.143. The van der Waals surface area contributed by atoms with Gasteiger partial charge in [-0.25, -0.2) is 9.59 Å². The van der Waals surface area contributed by atoms with Crippen molar-refractivity contribution in [1.82, 2.24) is 10.2 Å². The molecule has 0 aromatic heterocycles. The molecule has 46 heavy (non-hydrogen) atoms. The van der Waals surface area contributed by atoms with E-state index >= 15 is 0 Å². The van der Waals surface area contributed by atoms with Gasteiger partial charge in [-0.2, -0.15) is 0 Å². The summed E-state index contributed by atoms with van der Waals surface area (Å²) in [5.41, 5.74) is 0.741. The number of esters is 1. The number of hydrogen-bond donors (Lipinski definition) is 3. The molecule has 0 saturated carbocycles. The number of allylic oxidation sites excluding steroid dienone is 1. The van der Waals surface area contributed by atoms with E-state index in [1.165, 1.54) is 4.90 Å². The predicted molar refractivity (Wildman–Crippen MR) is 174 cm³/mol. The molecule has 2 atom stereocenters. The van der Waals surface area contributed by atoms with Gasteiger partial charge in [0.25, 0.3) is 0 Å². The Morgan fingerprint density at radius 1 is 0.978 bits per heavy atom. The molecule has 0 radical (unpaired) electrons. The van der Waals surface area contributed by atoms with E-state index in [-0.39, 0.29) is 37.7 Å². The molecule has 0 spiro atoms. The van der Waals surface area contributed by atoms with Gasteiger partial charge in [0.05, 0.1) is 18.5 Å². The second kappa shape index (κ2) is 18.6. The van der Waals surface area contributed by atoms with Crippen molar-refractivity contribution >= 4 is 29.7 Å². The second-order valence-corrected chi connectivity index (χ2v) is 12.2. The molecule has 3 N–H and O–H groups in total. The Hall–Kier alpha value is -4.38. The molecule has 11 nitrogen and oxygen atoms in total. The average molecular weight is 641 g/mol. The summed E-state index contributed by atoms with van der Waals surface area (Å²) < 4.78 is 17.2. The number of amides is 2. The number of nitrogens with one attached hydrogen (secondary N) is 1. The summed E-state index contributed by atoms with van der Waals surface area (Å²) in [7, 11) is 0. The molecule has 0 saturated heterocycles. The van der Waals surface area contributed by atoms with Gasteiger partial charge in [0.15, 0.2) is 0 Å². The van der Waals surface area contributed by atoms with Crippen molar-refractivity contribution in [3.8, 4) is 5.75 Å². The number of ether oxygens (including phenoxy) is 3. The summed E-state index contributed by atoms with van der Waals surface area (Å²) in [6.07, 6.45) is 0.744. The monoisotopic (exact) mass is 640 g/mol. The van der Waals surface area contributed by atoms with Gasteiger partial charge in [-0.15, -0.1) is 0 Å². The third-order valence-electron chi connectivity index (χ3n) is 6.56. The van der Waals surface area contributed by atoms with Crippen LogP contribution < -0.4 is 10.1 Å². The Balaban J connectivity index is 2.19. The van der Waals surface area contributed by atoms with Crippen LogP contribution in [0.1, 0.15) is 71.9 Å². The first-order valence-electron chi connectivity index (χ1n) is 15.5. The Kier molecular flexibility index (Phi) is 15.3. The lowest BCUT2D eigenvalue weighted by Crippen LogP contribution is -2.44. The highest BCUT2D eigenvalue weighted by atomic mass is 16.6. The number of carboxylic acids is 1. The number of nitrogens with zero attached hydrogens (tertiary/aromatic N) is 1. The minimum absolute atomic E-state index is 0.00177. The molecule has 0 fully saturated rings. The van der Waals surface area contributed by atoms with Crippen LogP contribution in [0, 0.1) is 5.92 Å². The van der Waals surface area contributed by atoms with Crippen LogP contribution in [-0.2, 0) is 30.3 Å². The summed E-state index contributed by atoms with van der Waals surface area (Å²) in [6, 6.07) is 15.4. The van der Waals surface area contributed by atoms with Gasteiger partial charge in [0.2, 0.25) is 5.91 Å². The van der Waals surface area contributed by atoms with Crippen LogP contribution in [-0.4, -0.2) is 76.5 Å². The van der Waals surface area contributed by atoms with Crippen molar-refractivity contribution in [3.05, 3.63) is 71.8 Å².